The summed E-state index contributed by atoms with van der Waals surface area (Å²) in [5, 5.41) is 3.26. The number of hydrogen-bond acceptors (Lipinski definition) is 2. The van der Waals surface area contributed by atoms with Gasteiger partial charge in [-0.05, 0) is 45.9 Å². The first-order valence-corrected chi connectivity index (χ1v) is 6.15. The predicted octanol–water partition coefficient (Wildman–Crippen LogP) is 2.18. The molecule has 1 fully saturated rings. The first kappa shape index (κ1) is 12.1. The fourth-order valence-corrected chi connectivity index (χ4v) is 2.34. The number of anilines is 1. The summed E-state index contributed by atoms with van der Waals surface area (Å²) in [6.45, 7) is 7.05. The zero-order chi connectivity index (χ0) is 12.5. The highest BCUT2D eigenvalue weighted by atomic mass is 16.2. The molecule has 0 aliphatic carbocycles. The van der Waals surface area contributed by atoms with Gasteiger partial charge in [-0.25, -0.2) is 0 Å². The Bertz CT molecular complexity index is 400. The largest absolute Gasteiger partial charge is 0.306 e. The van der Waals surface area contributed by atoms with E-state index in [1.54, 1.807) is 0 Å². The molecule has 1 atom stereocenters. The third-order valence-electron chi connectivity index (χ3n) is 3.40. The van der Waals surface area contributed by atoms with E-state index in [1.807, 2.05) is 42.2 Å². The SMILES string of the molecule is CC1NCCC(C)(C)N(c2ccccc2)C1=O. The number of nitrogens with zero attached hydrogens (tertiary/aromatic N) is 1. The van der Waals surface area contributed by atoms with E-state index in [2.05, 4.69) is 19.2 Å². The van der Waals surface area contributed by atoms with Gasteiger partial charge in [-0.15, -0.1) is 0 Å². The molecular formula is C14H20N2O. The summed E-state index contributed by atoms with van der Waals surface area (Å²) in [5.41, 5.74) is 0.842. The van der Waals surface area contributed by atoms with E-state index in [1.165, 1.54) is 0 Å². The Morgan fingerprint density at radius 2 is 1.94 bits per heavy atom. The van der Waals surface area contributed by atoms with Crippen LogP contribution in [0.25, 0.3) is 0 Å². The highest BCUT2D eigenvalue weighted by Crippen LogP contribution is 2.28. The lowest BCUT2D eigenvalue weighted by atomic mass is 9.97. The number of carbonyl (C=O) groups is 1. The molecule has 0 spiro atoms. The van der Waals surface area contributed by atoms with Crippen molar-refractivity contribution in [1.82, 2.24) is 5.32 Å². The standard InChI is InChI=1S/C14H20N2O/c1-11-13(17)16(12-7-5-4-6-8-12)14(2,3)9-10-15-11/h4-8,11,15H,9-10H2,1-3H3. The van der Waals surface area contributed by atoms with Crippen LogP contribution in [0.2, 0.25) is 0 Å². The monoisotopic (exact) mass is 232 g/mol. The van der Waals surface area contributed by atoms with Crippen molar-refractivity contribution in [1.29, 1.82) is 0 Å². The quantitative estimate of drug-likeness (QED) is 0.805. The van der Waals surface area contributed by atoms with Crippen molar-refractivity contribution in [2.75, 3.05) is 11.4 Å². The number of benzene rings is 1. The van der Waals surface area contributed by atoms with Crippen LogP contribution in [-0.4, -0.2) is 24.0 Å². The fourth-order valence-electron chi connectivity index (χ4n) is 2.34. The lowest BCUT2D eigenvalue weighted by molar-refractivity contribution is -0.120. The van der Waals surface area contributed by atoms with Crippen molar-refractivity contribution in [3.63, 3.8) is 0 Å². The minimum absolute atomic E-state index is 0.114. The highest BCUT2D eigenvalue weighted by Gasteiger charge is 2.36. The minimum Gasteiger partial charge on any atom is -0.306 e. The summed E-state index contributed by atoms with van der Waals surface area (Å²) in [7, 11) is 0. The van der Waals surface area contributed by atoms with Crippen molar-refractivity contribution in [3.8, 4) is 0 Å². The van der Waals surface area contributed by atoms with Crippen LogP contribution in [0.1, 0.15) is 27.2 Å². The average molecular weight is 232 g/mol. The zero-order valence-electron chi connectivity index (χ0n) is 10.7. The molecule has 3 heteroatoms. The molecule has 1 unspecified atom stereocenters. The highest BCUT2D eigenvalue weighted by molar-refractivity contribution is 5.98. The maximum Gasteiger partial charge on any atom is 0.244 e. The second kappa shape index (κ2) is 4.49. The lowest BCUT2D eigenvalue weighted by Crippen LogP contribution is -2.50. The van der Waals surface area contributed by atoms with Gasteiger partial charge in [0.2, 0.25) is 5.91 Å². The second-order valence-corrected chi connectivity index (χ2v) is 5.25. The molecule has 17 heavy (non-hydrogen) atoms. The van der Waals surface area contributed by atoms with Gasteiger partial charge in [0.15, 0.2) is 0 Å². The van der Waals surface area contributed by atoms with E-state index in [-0.39, 0.29) is 17.5 Å². The second-order valence-electron chi connectivity index (χ2n) is 5.25. The van der Waals surface area contributed by atoms with Crippen LogP contribution in [0.3, 0.4) is 0 Å². The Labute approximate surface area is 103 Å². The smallest absolute Gasteiger partial charge is 0.244 e. The van der Waals surface area contributed by atoms with Crippen molar-refractivity contribution in [2.45, 2.75) is 38.8 Å². The van der Waals surface area contributed by atoms with Crippen LogP contribution in [0.15, 0.2) is 30.3 Å². The van der Waals surface area contributed by atoms with E-state index in [4.69, 9.17) is 0 Å². The van der Waals surface area contributed by atoms with Crippen LogP contribution in [0.4, 0.5) is 5.69 Å². The van der Waals surface area contributed by atoms with Crippen LogP contribution < -0.4 is 10.2 Å². The molecule has 0 aromatic heterocycles. The number of rotatable bonds is 1. The van der Waals surface area contributed by atoms with Gasteiger partial charge in [0.05, 0.1) is 6.04 Å². The van der Waals surface area contributed by atoms with E-state index < -0.39 is 0 Å². The molecule has 2 rings (SSSR count). The van der Waals surface area contributed by atoms with Gasteiger partial charge < -0.3 is 10.2 Å². The molecule has 3 nitrogen and oxygen atoms in total. The third-order valence-corrected chi connectivity index (χ3v) is 3.40. The molecule has 92 valence electrons. The Balaban J connectivity index is 2.42. The molecule has 0 radical (unpaired) electrons. The summed E-state index contributed by atoms with van der Waals surface area (Å²) in [6.07, 6.45) is 0.956. The summed E-state index contributed by atoms with van der Waals surface area (Å²) in [5.74, 6) is 0.152. The molecule has 1 aromatic carbocycles. The first-order chi connectivity index (χ1) is 8.02. The van der Waals surface area contributed by atoms with E-state index >= 15 is 0 Å². The van der Waals surface area contributed by atoms with Gasteiger partial charge in [-0.1, -0.05) is 18.2 Å². The summed E-state index contributed by atoms with van der Waals surface area (Å²) in [4.78, 5) is 14.4. The molecule has 1 aliphatic rings. The van der Waals surface area contributed by atoms with Crippen molar-refractivity contribution < 1.29 is 4.79 Å². The van der Waals surface area contributed by atoms with Crippen LogP contribution in [0, 0.1) is 0 Å². The molecule has 1 N–H and O–H groups in total. The molecule has 0 bridgehead atoms. The summed E-state index contributed by atoms with van der Waals surface area (Å²) >= 11 is 0. The van der Waals surface area contributed by atoms with Crippen molar-refractivity contribution in [3.05, 3.63) is 30.3 Å². The van der Waals surface area contributed by atoms with Gasteiger partial charge in [0.1, 0.15) is 0 Å². The molecule has 1 aromatic rings. The lowest BCUT2D eigenvalue weighted by Gasteiger charge is -2.37. The number of amides is 1. The van der Waals surface area contributed by atoms with Crippen molar-refractivity contribution >= 4 is 11.6 Å². The number of nitrogens with one attached hydrogen (secondary N) is 1. The predicted molar refractivity (Wildman–Crippen MR) is 70.1 cm³/mol. The normalized spacial score (nSPS) is 24.5. The average Bonchev–Trinajstić information content (AvgIpc) is 2.38. The minimum atomic E-state index is -0.143. The maximum absolute atomic E-state index is 12.4. The van der Waals surface area contributed by atoms with E-state index in [0.717, 1.165) is 18.7 Å². The van der Waals surface area contributed by atoms with Gasteiger partial charge >= 0.3 is 0 Å². The Hall–Kier alpha value is -1.35. The zero-order valence-corrected chi connectivity index (χ0v) is 10.7. The van der Waals surface area contributed by atoms with Gasteiger partial charge in [-0.2, -0.15) is 0 Å². The van der Waals surface area contributed by atoms with Crippen LogP contribution in [-0.2, 0) is 4.79 Å². The molecular weight excluding hydrogens is 212 g/mol. The maximum atomic E-state index is 12.4. The topological polar surface area (TPSA) is 32.3 Å². The fraction of sp³-hybridized carbons (Fsp3) is 0.500. The number of hydrogen-bond donors (Lipinski definition) is 1. The van der Waals surface area contributed by atoms with Gasteiger partial charge in [0.25, 0.3) is 0 Å². The molecule has 1 amide bonds. The summed E-state index contributed by atoms with van der Waals surface area (Å²) < 4.78 is 0. The van der Waals surface area contributed by atoms with E-state index in [9.17, 15) is 4.79 Å². The molecule has 1 aliphatic heterocycles. The number of para-hydroxylation sites is 1. The first-order valence-electron chi connectivity index (χ1n) is 6.15. The van der Waals surface area contributed by atoms with Crippen molar-refractivity contribution in [2.24, 2.45) is 0 Å². The van der Waals surface area contributed by atoms with Crippen LogP contribution >= 0.6 is 0 Å². The molecule has 1 heterocycles. The van der Waals surface area contributed by atoms with Gasteiger partial charge in [0, 0.05) is 11.2 Å². The van der Waals surface area contributed by atoms with E-state index in [0.29, 0.717) is 0 Å². The molecule has 0 saturated carbocycles. The van der Waals surface area contributed by atoms with Gasteiger partial charge in [-0.3, -0.25) is 4.79 Å². The Morgan fingerprint density at radius 3 is 2.59 bits per heavy atom. The Morgan fingerprint density at radius 1 is 1.29 bits per heavy atom. The number of carbonyl (C=O) groups excluding carboxylic acids is 1. The third kappa shape index (κ3) is 2.34. The van der Waals surface area contributed by atoms with Crippen LogP contribution in [0.5, 0.6) is 0 Å². The summed E-state index contributed by atoms with van der Waals surface area (Å²) in [6, 6.07) is 9.80. The Kier molecular flexibility index (Phi) is 3.20. The molecule has 1 saturated heterocycles.